The van der Waals surface area contributed by atoms with Crippen LogP contribution in [-0.2, 0) is 0 Å². The molecule has 0 fully saturated rings. The third kappa shape index (κ3) is 2.34. The summed E-state index contributed by atoms with van der Waals surface area (Å²) in [6.45, 7) is 0. The maximum Gasteiger partial charge on any atom is 0.281 e. The Labute approximate surface area is 91.4 Å². The van der Waals surface area contributed by atoms with Crippen molar-refractivity contribution in [1.29, 1.82) is 0 Å². The molecule has 13 heavy (non-hydrogen) atoms. The maximum absolute atomic E-state index is 12.2. The van der Waals surface area contributed by atoms with E-state index in [-0.39, 0.29) is 10.7 Å². The van der Waals surface area contributed by atoms with Gasteiger partial charge < -0.3 is 0 Å². The van der Waals surface area contributed by atoms with Gasteiger partial charge >= 0.3 is 0 Å². The van der Waals surface area contributed by atoms with E-state index in [0.29, 0.717) is 9.86 Å². The zero-order valence-electron chi connectivity index (χ0n) is 6.10. The number of hydrogen-bond donors (Lipinski definition) is 0. The second-order valence-corrected chi connectivity index (χ2v) is 3.67. The molecule has 0 aliphatic carbocycles. The molecule has 0 aromatic carbocycles. The Morgan fingerprint density at radius 2 is 2.23 bits per heavy atom. The van der Waals surface area contributed by atoms with Crippen molar-refractivity contribution in [3.05, 3.63) is 26.0 Å². The predicted octanol–water partition coefficient (Wildman–Crippen LogP) is 3.09. The summed E-state index contributed by atoms with van der Waals surface area (Å²) >= 11 is 7.33. The minimum atomic E-state index is -2.78. The number of nitrogens with zero attached hydrogens (tertiary/aromatic N) is 1. The molecule has 0 amide bonds. The number of aromatic nitrogens is 1. The summed E-state index contributed by atoms with van der Waals surface area (Å²) in [6, 6.07) is 1.28. The van der Waals surface area contributed by atoms with Crippen molar-refractivity contribution >= 4 is 40.5 Å². The lowest BCUT2D eigenvalue weighted by Crippen LogP contribution is -1.99. The van der Waals surface area contributed by atoms with Crippen molar-refractivity contribution in [2.45, 2.75) is 6.43 Å². The average molecular weight is 317 g/mol. The molecule has 0 aliphatic rings. The summed E-state index contributed by atoms with van der Waals surface area (Å²) in [4.78, 5) is 13.8. The Bertz CT molecular complexity index is 346. The average Bonchev–Trinajstić information content (AvgIpc) is 2.08. The van der Waals surface area contributed by atoms with E-state index in [4.69, 9.17) is 11.6 Å². The van der Waals surface area contributed by atoms with E-state index in [1.807, 2.05) is 22.6 Å². The first-order valence-electron chi connectivity index (χ1n) is 3.15. The molecule has 0 spiro atoms. The SMILES string of the molecule is O=Cc1cc(I)c(Cl)nc1C(F)F. The van der Waals surface area contributed by atoms with Gasteiger partial charge in [0.15, 0.2) is 6.29 Å². The van der Waals surface area contributed by atoms with Crippen LogP contribution in [0.2, 0.25) is 5.15 Å². The Kier molecular flexibility index (Phi) is 3.55. The highest BCUT2D eigenvalue weighted by atomic mass is 127. The van der Waals surface area contributed by atoms with E-state index < -0.39 is 12.1 Å². The summed E-state index contributed by atoms with van der Waals surface area (Å²) in [5.74, 6) is 0. The topological polar surface area (TPSA) is 30.0 Å². The molecule has 1 rings (SSSR count). The van der Waals surface area contributed by atoms with Gasteiger partial charge in [-0.15, -0.1) is 0 Å². The fourth-order valence-electron chi connectivity index (χ4n) is 0.763. The predicted molar refractivity (Wildman–Crippen MR) is 52.3 cm³/mol. The van der Waals surface area contributed by atoms with Crippen LogP contribution in [0.15, 0.2) is 6.07 Å². The second-order valence-electron chi connectivity index (χ2n) is 2.15. The van der Waals surface area contributed by atoms with Gasteiger partial charge in [0.25, 0.3) is 6.43 Å². The molecule has 6 heteroatoms. The van der Waals surface area contributed by atoms with E-state index in [2.05, 4.69) is 4.98 Å². The highest BCUT2D eigenvalue weighted by Crippen LogP contribution is 2.25. The van der Waals surface area contributed by atoms with Gasteiger partial charge in [0.2, 0.25) is 0 Å². The van der Waals surface area contributed by atoms with E-state index in [1.54, 1.807) is 0 Å². The first kappa shape index (κ1) is 10.8. The number of pyridine rings is 1. The van der Waals surface area contributed by atoms with Crippen LogP contribution in [0.25, 0.3) is 0 Å². The third-order valence-electron chi connectivity index (χ3n) is 1.33. The van der Waals surface area contributed by atoms with Gasteiger partial charge in [-0.05, 0) is 28.7 Å². The van der Waals surface area contributed by atoms with Gasteiger partial charge in [0, 0.05) is 5.56 Å². The molecule has 0 saturated carbocycles. The van der Waals surface area contributed by atoms with Crippen LogP contribution < -0.4 is 0 Å². The standard InChI is InChI=1S/C7H3ClF2INO/c8-6-4(11)1-3(2-13)5(12-6)7(9)10/h1-2,7H. The van der Waals surface area contributed by atoms with Crippen LogP contribution in [-0.4, -0.2) is 11.3 Å². The van der Waals surface area contributed by atoms with Gasteiger partial charge in [-0.25, -0.2) is 13.8 Å². The van der Waals surface area contributed by atoms with Crippen molar-refractivity contribution in [3.63, 3.8) is 0 Å². The fourth-order valence-corrected chi connectivity index (χ4v) is 1.36. The van der Waals surface area contributed by atoms with Crippen LogP contribution >= 0.6 is 34.2 Å². The number of halogens is 4. The number of alkyl halides is 2. The minimum Gasteiger partial charge on any atom is -0.298 e. The lowest BCUT2D eigenvalue weighted by atomic mass is 10.2. The van der Waals surface area contributed by atoms with Crippen LogP contribution in [0.5, 0.6) is 0 Å². The lowest BCUT2D eigenvalue weighted by molar-refractivity contribution is 0.110. The summed E-state index contributed by atoms with van der Waals surface area (Å²) in [5.41, 5.74) is -0.691. The van der Waals surface area contributed by atoms with Gasteiger partial charge in [-0.1, -0.05) is 11.6 Å². The zero-order valence-corrected chi connectivity index (χ0v) is 9.01. The van der Waals surface area contributed by atoms with Crippen molar-refractivity contribution in [3.8, 4) is 0 Å². The summed E-state index contributed by atoms with van der Waals surface area (Å²) in [5, 5.41) is -0.0125. The van der Waals surface area contributed by atoms with Crippen molar-refractivity contribution in [2.75, 3.05) is 0 Å². The van der Waals surface area contributed by atoms with Crippen molar-refractivity contribution in [1.82, 2.24) is 4.98 Å². The number of aldehydes is 1. The summed E-state index contributed by atoms with van der Waals surface area (Å²) in [7, 11) is 0. The minimum absolute atomic E-state index is 0.0125. The van der Waals surface area contributed by atoms with Crippen LogP contribution in [0.3, 0.4) is 0 Å². The number of rotatable bonds is 2. The zero-order chi connectivity index (χ0) is 10.0. The first-order chi connectivity index (χ1) is 6.06. The quantitative estimate of drug-likeness (QED) is 0.477. The number of carbonyl (C=O) groups excluding carboxylic acids is 1. The van der Waals surface area contributed by atoms with E-state index in [0.717, 1.165) is 0 Å². The Morgan fingerprint density at radius 1 is 1.62 bits per heavy atom. The molecular formula is C7H3ClF2INO. The molecule has 0 aliphatic heterocycles. The molecule has 1 aromatic heterocycles. The van der Waals surface area contributed by atoms with Gasteiger partial charge in [0.1, 0.15) is 10.8 Å². The number of hydrogen-bond acceptors (Lipinski definition) is 2. The molecule has 0 unspecified atom stereocenters. The van der Waals surface area contributed by atoms with Gasteiger partial charge in [-0.3, -0.25) is 4.79 Å². The molecule has 0 radical (unpaired) electrons. The molecule has 0 saturated heterocycles. The summed E-state index contributed by atoms with van der Waals surface area (Å²) < 4.78 is 25.0. The molecule has 2 nitrogen and oxygen atoms in total. The highest BCUT2D eigenvalue weighted by Gasteiger charge is 2.16. The third-order valence-corrected chi connectivity index (χ3v) is 2.76. The lowest BCUT2D eigenvalue weighted by Gasteiger charge is -2.03. The van der Waals surface area contributed by atoms with Crippen molar-refractivity contribution in [2.24, 2.45) is 0 Å². The molecular weight excluding hydrogens is 314 g/mol. The highest BCUT2D eigenvalue weighted by molar-refractivity contribution is 14.1. The molecule has 0 atom stereocenters. The molecule has 70 valence electrons. The maximum atomic E-state index is 12.2. The van der Waals surface area contributed by atoms with Crippen molar-refractivity contribution < 1.29 is 13.6 Å². The Balaban J connectivity index is 3.32. The smallest absolute Gasteiger partial charge is 0.281 e. The van der Waals surface area contributed by atoms with Crippen LogP contribution in [0.1, 0.15) is 22.5 Å². The molecule has 1 aromatic rings. The van der Waals surface area contributed by atoms with Crippen LogP contribution in [0, 0.1) is 3.57 Å². The van der Waals surface area contributed by atoms with Gasteiger partial charge in [-0.2, -0.15) is 0 Å². The fraction of sp³-hybridized carbons (Fsp3) is 0.143. The van der Waals surface area contributed by atoms with E-state index in [1.165, 1.54) is 6.07 Å². The van der Waals surface area contributed by atoms with Gasteiger partial charge in [0.05, 0.1) is 3.57 Å². The second kappa shape index (κ2) is 4.28. The molecule has 1 heterocycles. The first-order valence-corrected chi connectivity index (χ1v) is 4.61. The largest absolute Gasteiger partial charge is 0.298 e. The normalized spacial score (nSPS) is 10.5. The monoisotopic (exact) mass is 317 g/mol. The Hall–Kier alpha value is -0.300. The molecule has 0 bridgehead atoms. The van der Waals surface area contributed by atoms with Crippen LogP contribution in [0.4, 0.5) is 8.78 Å². The Morgan fingerprint density at radius 3 is 2.69 bits per heavy atom. The van der Waals surface area contributed by atoms with E-state index >= 15 is 0 Å². The molecule has 0 N–H and O–H groups in total. The summed E-state index contributed by atoms with van der Waals surface area (Å²) in [6.07, 6.45) is -2.44. The number of carbonyl (C=O) groups is 1. The van der Waals surface area contributed by atoms with E-state index in [9.17, 15) is 13.6 Å².